The van der Waals surface area contributed by atoms with Gasteiger partial charge in [-0.1, -0.05) is 12.1 Å². The van der Waals surface area contributed by atoms with Gasteiger partial charge in [0.05, 0.1) is 4.47 Å². The SMILES string of the molecule is CN(C)c1ccc(CNc2ccc(Br)c[nH+]2)cc1. The molecule has 4 heteroatoms. The van der Waals surface area contributed by atoms with Crippen LogP contribution in [-0.2, 0) is 6.54 Å². The predicted octanol–water partition coefficient (Wildman–Crippen LogP) is 2.94. The highest BCUT2D eigenvalue weighted by Crippen LogP contribution is 2.13. The molecule has 0 atom stereocenters. The lowest BCUT2D eigenvalue weighted by Crippen LogP contribution is -2.12. The molecule has 2 N–H and O–H groups in total. The summed E-state index contributed by atoms with van der Waals surface area (Å²) in [7, 11) is 4.09. The van der Waals surface area contributed by atoms with Crippen molar-refractivity contribution in [3.05, 3.63) is 52.6 Å². The number of halogens is 1. The Kier molecular flexibility index (Phi) is 4.20. The van der Waals surface area contributed by atoms with E-state index >= 15 is 0 Å². The van der Waals surface area contributed by atoms with Crippen molar-refractivity contribution < 1.29 is 4.98 Å². The lowest BCUT2D eigenvalue weighted by molar-refractivity contribution is -0.362. The van der Waals surface area contributed by atoms with E-state index in [0.29, 0.717) is 0 Å². The van der Waals surface area contributed by atoms with Crippen molar-refractivity contribution in [2.24, 2.45) is 0 Å². The topological polar surface area (TPSA) is 29.4 Å². The molecule has 2 aromatic rings. The fourth-order valence-corrected chi connectivity index (χ4v) is 1.87. The Morgan fingerprint density at radius 3 is 2.39 bits per heavy atom. The first-order chi connectivity index (χ1) is 8.65. The Bertz CT molecular complexity index is 491. The number of hydrogen-bond donors (Lipinski definition) is 1. The first-order valence-corrected chi connectivity index (χ1v) is 6.62. The van der Waals surface area contributed by atoms with Crippen molar-refractivity contribution in [2.75, 3.05) is 24.3 Å². The van der Waals surface area contributed by atoms with Crippen LogP contribution < -0.4 is 15.2 Å². The molecule has 1 aromatic carbocycles. The van der Waals surface area contributed by atoms with E-state index in [1.807, 2.05) is 32.4 Å². The number of aromatic amines is 1. The van der Waals surface area contributed by atoms with E-state index in [2.05, 4.69) is 55.4 Å². The van der Waals surface area contributed by atoms with Crippen LogP contribution in [0.2, 0.25) is 0 Å². The Labute approximate surface area is 116 Å². The Morgan fingerprint density at radius 2 is 1.83 bits per heavy atom. The molecule has 0 aliphatic carbocycles. The molecule has 0 aliphatic rings. The molecule has 0 aliphatic heterocycles. The normalized spacial score (nSPS) is 10.2. The number of pyridine rings is 1. The Balaban J connectivity index is 1.95. The van der Waals surface area contributed by atoms with Gasteiger partial charge in [0.1, 0.15) is 12.7 Å². The quantitative estimate of drug-likeness (QED) is 0.941. The van der Waals surface area contributed by atoms with Crippen LogP contribution in [0.5, 0.6) is 0 Å². The van der Waals surface area contributed by atoms with Gasteiger partial charge < -0.3 is 4.90 Å². The summed E-state index contributed by atoms with van der Waals surface area (Å²) in [6.07, 6.45) is 1.91. The highest BCUT2D eigenvalue weighted by atomic mass is 79.9. The summed E-state index contributed by atoms with van der Waals surface area (Å²) in [5.41, 5.74) is 2.48. The van der Waals surface area contributed by atoms with Gasteiger partial charge in [-0.2, -0.15) is 0 Å². The highest BCUT2D eigenvalue weighted by molar-refractivity contribution is 9.10. The maximum Gasteiger partial charge on any atom is 0.272 e. The first kappa shape index (κ1) is 12.9. The monoisotopic (exact) mass is 306 g/mol. The lowest BCUT2D eigenvalue weighted by Gasteiger charge is -2.12. The summed E-state index contributed by atoms with van der Waals surface area (Å²) in [4.78, 5) is 5.27. The molecule has 0 saturated heterocycles. The summed E-state index contributed by atoms with van der Waals surface area (Å²) in [5.74, 6) is 1.01. The van der Waals surface area contributed by atoms with E-state index in [9.17, 15) is 0 Å². The van der Waals surface area contributed by atoms with Crippen molar-refractivity contribution in [2.45, 2.75) is 6.54 Å². The minimum atomic E-state index is 0.811. The van der Waals surface area contributed by atoms with Gasteiger partial charge in [0.2, 0.25) is 0 Å². The maximum atomic E-state index is 3.40. The standard InChI is InChI=1S/C14H16BrN3/c1-18(2)13-6-3-11(4-7-13)9-16-14-8-5-12(15)10-17-14/h3-8,10H,9H2,1-2H3,(H,16,17)/p+1. The van der Waals surface area contributed by atoms with E-state index in [1.165, 1.54) is 11.3 Å². The minimum absolute atomic E-state index is 0.811. The molecular formula is C14H17BrN3+. The van der Waals surface area contributed by atoms with Gasteiger partial charge in [0.25, 0.3) is 5.82 Å². The van der Waals surface area contributed by atoms with E-state index in [-0.39, 0.29) is 0 Å². The Morgan fingerprint density at radius 1 is 1.11 bits per heavy atom. The van der Waals surface area contributed by atoms with Gasteiger partial charge in [-0.25, -0.2) is 4.98 Å². The van der Waals surface area contributed by atoms with E-state index in [1.54, 1.807) is 0 Å². The molecule has 1 aromatic heterocycles. The number of anilines is 2. The number of H-pyrrole nitrogens is 1. The van der Waals surface area contributed by atoms with Crippen molar-refractivity contribution in [1.82, 2.24) is 0 Å². The summed E-state index contributed by atoms with van der Waals surface area (Å²) >= 11 is 3.40. The van der Waals surface area contributed by atoms with Crippen LogP contribution in [0, 0.1) is 0 Å². The van der Waals surface area contributed by atoms with E-state index in [4.69, 9.17) is 0 Å². The van der Waals surface area contributed by atoms with Gasteiger partial charge in [0, 0.05) is 25.8 Å². The summed E-state index contributed by atoms with van der Waals surface area (Å²) in [6.45, 7) is 0.811. The zero-order chi connectivity index (χ0) is 13.0. The van der Waals surface area contributed by atoms with Crippen LogP contribution in [0.3, 0.4) is 0 Å². The molecule has 0 radical (unpaired) electrons. The molecule has 0 unspecified atom stereocenters. The van der Waals surface area contributed by atoms with Gasteiger partial charge in [-0.05, 0) is 39.7 Å². The zero-order valence-electron chi connectivity index (χ0n) is 10.6. The number of rotatable bonds is 4. The third-order valence-electron chi connectivity index (χ3n) is 2.71. The number of aromatic nitrogens is 1. The molecule has 0 bridgehead atoms. The first-order valence-electron chi connectivity index (χ1n) is 5.82. The number of benzene rings is 1. The molecule has 3 nitrogen and oxygen atoms in total. The molecule has 1 heterocycles. The van der Waals surface area contributed by atoms with Gasteiger partial charge in [-0.15, -0.1) is 0 Å². The van der Waals surface area contributed by atoms with E-state index < -0.39 is 0 Å². The second kappa shape index (κ2) is 5.87. The fraction of sp³-hybridized carbons (Fsp3) is 0.214. The summed E-state index contributed by atoms with van der Waals surface area (Å²) in [6, 6.07) is 12.6. The third-order valence-corrected chi connectivity index (χ3v) is 3.20. The smallest absolute Gasteiger partial charge is 0.272 e. The number of nitrogens with zero attached hydrogens (tertiary/aromatic N) is 1. The van der Waals surface area contributed by atoms with Crippen LogP contribution in [0.4, 0.5) is 11.5 Å². The molecule has 0 spiro atoms. The van der Waals surface area contributed by atoms with Crippen LogP contribution in [0.25, 0.3) is 0 Å². The lowest BCUT2D eigenvalue weighted by atomic mass is 10.2. The average molecular weight is 307 g/mol. The largest absolute Gasteiger partial charge is 0.378 e. The zero-order valence-corrected chi connectivity index (χ0v) is 12.2. The van der Waals surface area contributed by atoms with E-state index in [0.717, 1.165) is 16.8 Å². The second-order valence-corrected chi connectivity index (χ2v) is 5.25. The van der Waals surface area contributed by atoms with Gasteiger partial charge in [-0.3, -0.25) is 5.32 Å². The Hall–Kier alpha value is -1.55. The molecular weight excluding hydrogens is 290 g/mol. The van der Waals surface area contributed by atoms with Gasteiger partial charge >= 0.3 is 0 Å². The third kappa shape index (κ3) is 3.47. The molecule has 0 saturated carbocycles. The molecule has 0 amide bonds. The summed E-state index contributed by atoms with van der Waals surface area (Å²) < 4.78 is 1.04. The van der Waals surface area contributed by atoms with Crippen LogP contribution in [0.15, 0.2) is 47.1 Å². The molecule has 94 valence electrons. The molecule has 2 rings (SSSR count). The highest BCUT2D eigenvalue weighted by Gasteiger charge is 2.02. The van der Waals surface area contributed by atoms with Crippen LogP contribution >= 0.6 is 15.9 Å². The molecule has 0 fully saturated rings. The fourth-order valence-electron chi connectivity index (χ4n) is 1.63. The van der Waals surface area contributed by atoms with Crippen molar-refractivity contribution in [3.8, 4) is 0 Å². The minimum Gasteiger partial charge on any atom is -0.378 e. The number of nitrogens with one attached hydrogen (secondary N) is 2. The second-order valence-electron chi connectivity index (χ2n) is 4.33. The molecule has 18 heavy (non-hydrogen) atoms. The van der Waals surface area contributed by atoms with Crippen LogP contribution in [-0.4, -0.2) is 14.1 Å². The van der Waals surface area contributed by atoms with Crippen LogP contribution in [0.1, 0.15) is 5.56 Å². The number of hydrogen-bond acceptors (Lipinski definition) is 2. The summed E-state index contributed by atoms with van der Waals surface area (Å²) in [5, 5.41) is 3.35. The van der Waals surface area contributed by atoms with Crippen molar-refractivity contribution in [1.29, 1.82) is 0 Å². The van der Waals surface area contributed by atoms with Crippen molar-refractivity contribution >= 4 is 27.4 Å². The average Bonchev–Trinajstić information content (AvgIpc) is 2.38. The van der Waals surface area contributed by atoms with Gasteiger partial charge in [0.15, 0.2) is 0 Å². The maximum absolute atomic E-state index is 3.40. The predicted molar refractivity (Wildman–Crippen MR) is 78.8 cm³/mol. The van der Waals surface area contributed by atoms with Crippen molar-refractivity contribution in [3.63, 3.8) is 0 Å².